The van der Waals surface area contributed by atoms with Gasteiger partial charge in [0, 0.05) is 11.4 Å². The number of hydrogen-bond donors (Lipinski definition) is 1. The largest absolute Gasteiger partial charge is 0.465 e. The van der Waals surface area contributed by atoms with E-state index in [-0.39, 0.29) is 4.21 Å². The Balaban J connectivity index is 1.63. The Hall–Kier alpha value is -1.75. The van der Waals surface area contributed by atoms with Gasteiger partial charge >= 0.3 is 5.97 Å². The van der Waals surface area contributed by atoms with Crippen LogP contribution in [0.15, 0.2) is 21.7 Å². The van der Waals surface area contributed by atoms with Crippen molar-refractivity contribution >= 4 is 49.6 Å². The highest BCUT2D eigenvalue weighted by Crippen LogP contribution is 2.39. The number of sulfonamides is 1. The van der Waals surface area contributed by atoms with Gasteiger partial charge in [-0.25, -0.2) is 13.2 Å². The molecule has 1 amide bonds. The second-order valence-electron chi connectivity index (χ2n) is 7.46. The van der Waals surface area contributed by atoms with E-state index >= 15 is 0 Å². The molecule has 0 aromatic carbocycles. The predicted octanol–water partition coefficient (Wildman–Crippen LogP) is 3.66. The summed E-state index contributed by atoms with van der Waals surface area (Å²) in [6.45, 7) is 0.309. The first-order chi connectivity index (χ1) is 14.4. The average Bonchev–Trinajstić information content (AvgIpc) is 3.41. The smallest absolute Gasteiger partial charge is 0.341 e. The molecule has 4 rings (SSSR count). The van der Waals surface area contributed by atoms with E-state index in [1.165, 1.54) is 22.8 Å². The Morgan fingerprint density at radius 2 is 2.00 bits per heavy atom. The van der Waals surface area contributed by atoms with E-state index in [0.717, 1.165) is 60.3 Å². The van der Waals surface area contributed by atoms with Crippen LogP contribution in [0.3, 0.4) is 0 Å². The third-order valence-electron chi connectivity index (χ3n) is 5.61. The van der Waals surface area contributed by atoms with E-state index in [1.807, 2.05) is 0 Å². The average molecular weight is 469 g/mol. The molecule has 1 unspecified atom stereocenters. The molecular weight excluding hydrogens is 444 g/mol. The molecule has 3 heterocycles. The van der Waals surface area contributed by atoms with Crippen molar-refractivity contribution < 1.29 is 22.7 Å². The molecule has 0 radical (unpaired) electrons. The zero-order valence-electron chi connectivity index (χ0n) is 16.7. The number of fused-ring (bicyclic) bond motifs is 1. The second kappa shape index (κ2) is 8.78. The minimum Gasteiger partial charge on any atom is -0.465 e. The maximum absolute atomic E-state index is 13.2. The first-order valence-electron chi connectivity index (χ1n) is 10.0. The molecule has 1 atom stereocenters. The predicted molar refractivity (Wildman–Crippen MR) is 117 cm³/mol. The van der Waals surface area contributed by atoms with Crippen molar-refractivity contribution in [3.05, 3.63) is 33.5 Å². The molecule has 2 aliphatic rings. The van der Waals surface area contributed by atoms with Gasteiger partial charge in [0.05, 0.1) is 12.7 Å². The number of methoxy groups -OCH3 is 1. The molecule has 2 aromatic rings. The molecule has 10 heteroatoms. The molecular formula is C20H24N2O5S3. The van der Waals surface area contributed by atoms with Crippen LogP contribution in [0.1, 0.15) is 52.9 Å². The first-order valence-corrected chi connectivity index (χ1v) is 13.2. The Kier molecular flexibility index (Phi) is 6.29. The molecule has 162 valence electrons. The molecule has 1 fully saturated rings. The fourth-order valence-corrected chi connectivity index (χ4v) is 8.20. The first kappa shape index (κ1) is 21.5. The number of ether oxygens (including phenoxy) is 1. The molecule has 30 heavy (non-hydrogen) atoms. The summed E-state index contributed by atoms with van der Waals surface area (Å²) in [5.41, 5.74) is 1.38. The summed E-state index contributed by atoms with van der Waals surface area (Å²) in [5.74, 6) is -0.852. The zero-order chi connectivity index (χ0) is 21.3. The Labute approximate surface area is 184 Å². The van der Waals surface area contributed by atoms with Gasteiger partial charge in [0.15, 0.2) is 0 Å². The number of thiophene rings is 2. The van der Waals surface area contributed by atoms with E-state index in [0.29, 0.717) is 23.5 Å². The van der Waals surface area contributed by atoms with Crippen LogP contribution in [0.2, 0.25) is 0 Å². The quantitative estimate of drug-likeness (QED) is 0.676. The standard InChI is InChI=1S/C20H24N2O5S3/c1-27-20(24)17-13-7-2-3-9-15(13)29-19(17)21-18(23)14-8-4-5-11-22(14)30(25,26)16-10-6-12-28-16/h6,10,12,14H,2-5,7-9,11H2,1H3,(H,21,23). The van der Waals surface area contributed by atoms with E-state index in [2.05, 4.69) is 5.32 Å². The lowest BCUT2D eigenvalue weighted by Gasteiger charge is -2.33. The molecule has 7 nitrogen and oxygen atoms in total. The maximum atomic E-state index is 13.2. The third kappa shape index (κ3) is 3.93. The van der Waals surface area contributed by atoms with Gasteiger partial charge in [-0.15, -0.1) is 22.7 Å². The molecule has 0 bridgehead atoms. The SMILES string of the molecule is COC(=O)c1c(NC(=O)C2CCCCN2S(=O)(=O)c2cccs2)sc2c1CCCC2. The number of rotatable bonds is 5. The molecule has 1 saturated heterocycles. The lowest BCUT2D eigenvalue weighted by atomic mass is 9.95. The van der Waals surface area contributed by atoms with Crippen LogP contribution in [0.25, 0.3) is 0 Å². The summed E-state index contributed by atoms with van der Waals surface area (Å²) in [5, 5.41) is 5.06. The highest BCUT2D eigenvalue weighted by molar-refractivity contribution is 7.91. The molecule has 0 spiro atoms. The molecule has 0 saturated carbocycles. The van der Waals surface area contributed by atoms with Crippen molar-refractivity contribution in [1.82, 2.24) is 4.31 Å². The van der Waals surface area contributed by atoms with E-state index in [9.17, 15) is 18.0 Å². The van der Waals surface area contributed by atoms with E-state index < -0.39 is 27.9 Å². The Bertz CT molecular complexity index is 1040. The monoisotopic (exact) mass is 468 g/mol. The molecule has 2 aromatic heterocycles. The van der Waals surface area contributed by atoms with Gasteiger partial charge in [-0.2, -0.15) is 4.31 Å². The minimum atomic E-state index is -3.74. The number of nitrogens with zero attached hydrogens (tertiary/aromatic N) is 1. The van der Waals surface area contributed by atoms with Crippen LogP contribution in [-0.4, -0.2) is 44.3 Å². The van der Waals surface area contributed by atoms with Gasteiger partial charge in [-0.3, -0.25) is 4.79 Å². The van der Waals surface area contributed by atoms with Crippen LogP contribution < -0.4 is 5.32 Å². The van der Waals surface area contributed by atoms with Gasteiger partial charge in [0.1, 0.15) is 15.3 Å². The number of nitrogens with one attached hydrogen (secondary N) is 1. The van der Waals surface area contributed by atoms with Crippen molar-refractivity contribution in [2.75, 3.05) is 19.0 Å². The highest BCUT2D eigenvalue weighted by Gasteiger charge is 2.39. The summed E-state index contributed by atoms with van der Waals surface area (Å²) >= 11 is 2.55. The van der Waals surface area contributed by atoms with Crippen LogP contribution in [0, 0.1) is 0 Å². The number of anilines is 1. The normalized spacial score (nSPS) is 19.8. The Morgan fingerprint density at radius 3 is 2.73 bits per heavy atom. The number of carbonyl (C=O) groups is 2. The summed E-state index contributed by atoms with van der Waals surface area (Å²) < 4.78 is 32.7. The molecule has 1 N–H and O–H groups in total. The van der Waals surface area contributed by atoms with Gasteiger partial charge < -0.3 is 10.1 Å². The Morgan fingerprint density at radius 1 is 1.20 bits per heavy atom. The summed E-state index contributed by atoms with van der Waals surface area (Å²) in [6, 6.07) is 2.46. The number of piperidine rings is 1. The summed E-state index contributed by atoms with van der Waals surface area (Å²) in [6.07, 6.45) is 5.66. The van der Waals surface area contributed by atoms with E-state index in [1.54, 1.807) is 17.5 Å². The van der Waals surface area contributed by atoms with Gasteiger partial charge in [0.2, 0.25) is 5.91 Å². The van der Waals surface area contributed by atoms with Crippen molar-refractivity contribution in [2.45, 2.75) is 55.2 Å². The summed E-state index contributed by atoms with van der Waals surface area (Å²) in [7, 11) is -2.41. The number of aryl methyl sites for hydroxylation is 1. The number of esters is 1. The number of hydrogen-bond acceptors (Lipinski definition) is 7. The lowest BCUT2D eigenvalue weighted by molar-refractivity contribution is -0.120. The number of carbonyl (C=O) groups excluding carboxylic acids is 2. The third-order valence-corrected chi connectivity index (χ3v) is 10.1. The van der Waals surface area contributed by atoms with Gasteiger partial charge in [-0.05, 0) is 55.5 Å². The van der Waals surface area contributed by atoms with Crippen molar-refractivity contribution in [3.8, 4) is 0 Å². The van der Waals surface area contributed by atoms with E-state index in [4.69, 9.17) is 4.74 Å². The van der Waals surface area contributed by atoms with Gasteiger partial charge in [-0.1, -0.05) is 12.5 Å². The topological polar surface area (TPSA) is 92.8 Å². The van der Waals surface area contributed by atoms with Crippen molar-refractivity contribution in [1.29, 1.82) is 0 Å². The van der Waals surface area contributed by atoms with Crippen molar-refractivity contribution in [2.24, 2.45) is 0 Å². The van der Waals surface area contributed by atoms with Crippen molar-refractivity contribution in [3.63, 3.8) is 0 Å². The fourth-order valence-electron chi connectivity index (χ4n) is 4.15. The van der Waals surface area contributed by atoms with Crippen LogP contribution in [0.5, 0.6) is 0 Å². The summed E-state index contributed by atoms with van der Waals surface area (Å²) in [4.78, 5) is 26.7. The number of amides is 1. The highest BCUT2D eigenvalue weighted by atomic mass is 32.2. The lowest BCUT2D eigenvalue weighted by Crippen LogP contribution is -2.49. The maximum Gasteiger partial charge on any atom is 0.341 e. The molecule has 1 aliphatic carbocycles. The second-order valence-corrected chi connectivity index (χ2v) is 11.6. The zero-order valence-corrected chi connectivity index (χ0v) is 19.1. The van der Waals surface area contributed by atoms with Crippen LogP contribution >= 0.6 is 22.7 Å². The van der Waals surface area contributed by atoms with Gasteiger partial charge in [0.25, 0.3) is 10.0 Å². The fraction of sp³-hybridized carbons (Fsp3) is 0.500. The minimum absolute atomic E-state index is 0.240. The van der Waals surface area contributed by atoms with Crippen LogP contribution in [0.4, 0.5) is 5.00 Å². The molecule has 1 aliphatic heterocycles. The van der Waals surface area contributed by atoms with Crippen LogP contribution in [-0.2, 0) is 32.4 Å².